The lowest BCUT2D eigenvalue weighted by atomic mass is 10.2. The second-order valence-electron chi connectivity index (χ2n) is 8.22. The number of pyridine rings is 1. The van der Waals surface area contributed by atoms with Crippen LogP contribution in [0, 0.1) is 6.92 Å². The predicted molar refractivity (Wildman–Crippen MR) is 120 cm³/mol. The average Bonchev–Trinajstić information content (AvgIpc) is 3.15. The number of nitrogens with zero attached hydrogens (tertiary/aromatic N) is 2. The zero-order valence-electron chi connectivity index (χ0n) is 19.0. The van der Waals surface area contributed by atoms with E-state index in [0.717, 1.165) is 41.3 Å². The first-order chi connectivity index (χ1) is 15.1. The maximum atomic E-state index is 13.1. The fourth-order valence-electron chi connectivity index (χ4n) is 3.38. The fraction of sp³-hybridized carbons (Fsp3) is 0.478. The largest absolute Gasteiger partial charge is 0.496 e. The van der Waals surface area contributed by atoms with Gasteiger partial charge in [0.25, 0.3) is 0 Å². The zero-order valence-corrected chi connectivity index (χ0v) is 19.8. The summed E-state index contributed by atoms with van der Waals surface area (Å²) in [5.41, 5.74) is 1.75. The molecule has 2 aromatic heterocycles. The summed E-state index contributed by atoms with van der Waals surface area (Å²) in [5.74, 6) is 2.65. The normalized spacial score (nSPS) is 12.5. The van der Waals surface area contributed by atoms with E-state index in [2.05, 4.69) is 30.7 Å². The van der Waals surface area contributed by atoms with E-state index in [1.807, 2.05) is 23.8 Å². The molecule has 0 radical (unpaired) electrons. The summed E-state index contributed by atoms with van der Waals surface area (Å²) in [7, 11) is 1.62. The summed E-state index contributed by atoms with van der Waals surface area (Å²) >= 11 is 1.73. The summed E-state index contributed by atoms with van der Waals surface area (Å²) < 4.78 is 52.6. The van der Waals surface area contributed by atoms with E-state index < -0.39 is 11.7 Å². The number of fused-ring (bicyclic) bond motifs is 1. The third kappa shape index (κ3) is 5.56. The van der Waals surface area contributed by atoms with Crippen molar-refractivity contribution in [2.24, 2.45) is 0 Å². The number of hydrogen-bond acceptors (Lipinski definition) is 4. The summed E-state index contributed by atoms with van der Waals surface area (Å²) in [4.78, 5) is 7.57. The number of alkyl halides is 3. The van der Waals surface area contributed by atoms with Crippen LogP contribution >= 0.6 is 11.8 Å². The highest BCUT2D eigenvalue weighted by atomic mass is 32.2. The molecule has 2 heterocycles. The van der Waals surface area contributed by atoms with Crippen LogP contribution in [-0.4, -0.2) is 35.0 Å². The molecule has 3 aromatic rings. The molecular weight excluding hydrogens is 439 g/mol. The highest BCUT2D eigenvalue weighted by molar-refractivity contribution is 7.98. The van der Waals surface area contributed by atoms with Crippen molar-refractivity contribution in [3.05, 3.63) is 47.3 Å². The van der Waals surface area contributed by atoms with Crippen molar-refractivity contribution in [2.75, 3.05) is 19.5 Å². The Balaban J connectivity index is 1.93. The summed E-state index contributed by atoms with van der Waals surface area (Å²) in [5, 5.41) is 0. The van der Waals surface area contributed by atoms with Crippen LogP contribution in [0.3, 0.4) is 0 Å². The van der Waals surface area contributed by atoms with Crippen LogP contribution in [0.15, 0.2) is 30.5 Å². The molecule has 0 aliphatic rings. The van der Waals surface area contributed by atoms with Gasteiger partial charge in [0.05, 0.1) is 24.5 Å². The van der Waals surface area contributed by atoms with Crippen molar-refractivity contribution < 1.29 is 27.2 Å². The number of ether oxygens (including phenoxy) is 2. The summed E-state index contributed by atoms with van der Waals surface area (Å²) in [6.45, 7) is 8.90. The lowest BCUT2D eigenvalue weighted by molar-refractivity contribution is -0.610. The Bertz CT molecular complexity index is 1080. The molecule has 1 N–H and O–H groups in total. The number of hydrogen-bond donors (Lipinski definition) is 1. The van der Waals surface area contributed by atoms with Crippen molar-refractivity contribution in [1.82, 2.24) is 9.97 Å². The van der Waals surface area contributed by atoms with Gasteiger partial charge in [0.15, 0.2) is 5.52 Å². The third-order valence-corrected chi connectivity index (χ3v) is 6.48. The van der Waals surface area contributed by atoms with Gasteiger partial charge in [-0.1, -0.05) is 11.9 Å². The minimum atomic E-state index is -4.41. The first kappa shape index (κ1) is 24.4. The Morgan fingerprint density at radius 1 is 1.19 bits per heavy atom. The van der Waals surface area contributed by atoms with E-state index in [9.17, 15) is 13.2 Å². The molecule has 0 atom stereocenters. The molecule has 0 aliphatic heterocycles. The zero-order chi connectivity index (χ0) is 23.5. The number of halogens is 3. The van der Waals surface area contributed by atoms with Crippen molar-refractivity contribution in [1.29, 1.82) is 0 Å². The monoisotopic (exact) mass is 468 g/mol. The van der Waals surface area contributed by atoms with Crippen LogP contribution in [0.4, 0.5) is 13.2 Å². The fourth-order valence-corrected chi connectivity index (χ4v) is 4.60. The Morgan fingerprint density at radius 2 is 1.94 bits per heavy atom. The molecule has 9 heteroatoms. The van der Waals surface area contributed by atoms with Gasteiger partial charge in [0, 0.05) is 29.7 Å². The quantitative estimate of drug-likeness (QED) is 0.415. The lowest BCUT2D eigenvalue weighted by Gasteiger charge is -2.25. The van der Waals surface area contributed by atoms with Gasteiger partial charge in [-0.05, 0) is 45.4 Å². The van der Waals surface area contributed by atoms with Gasteiger partial charge in [-0.2, -0.15) is 24.9 Å². The number of benzene rings is 1. The number of imidazole rings is 1. The maximum Gasteiger partial charge on any atom is 0.416 e. The van der Waals surface area contributed by atoms with Crippen molar-refractivity contribution in [2.45, 2.75) is 51.6 Å². The van der Waals surface area contributed by atoms with Gasteiger partial charge in [-0.3, -0.25) is 0 Å². The Labute approximate surface area is 190 Å². The number of thioether (sulfide) groups is 1. The molecular formula is C23H29F3N3O2S+. The SMILES string of the molecule is CCCOC(C)(C)CSCc1c(C)c(OC)cc[n+]1-c1nc2ccc(C(F)(F)F)cc2[nH]1. The third-order valence-electron chi connectivity index (χ3n) is 5.10. The molecule has 174 valence electrons. The Kier molecular flexibility index (Phi) is 7.39. The Morgan fingerprint density at radius 3 is 2.59 bits per heavy atom. The van der Waals surface area contributed by atoms with Gasteiger partial charge >= 0.3 is 12.1 Å². The molecule has 1 aromatic carbocycles. The number of methoxy groups -OCH3 is 1. The molecule has 0 saturated heterocycles. The van der Waals surface area contributed by atoms with E-state index in [4.69, 9.17) is 9.47 Å². The highest BCUT2D eigenvalue weighted by Crippen LogP contribution is 2.31. The summed E-state index contributed by atoms with van der Waals surface area (Å²) in [6.07, 6.45) is -1.62. The molecule has 0 unspecified atom stereocenters. The summed E-state index contributed by atoms with van der Waals surface area (Å²) in [6, 6.07) is 5.35. The molecule has 0 fully saturated rings. The van der Waals surface area contributed by atoms with Crippen LogP contribution in [0.2, 0.25) is 0 Å². The van der Waals surface area contributed by atoms with Crippen molar-refractivity contribution >= 4 is 22.8 Å². The van der Waals surface area contributed by atoms with E-state index in [0.29, 0.717) is 29.3 Å². The van der Waals surface area contributed by atoms with E-state index >= 15 is 0 Å². The van der Waals surface area contributed by atoms with Gasteiger partial charge in [-0.15, -0.1) is 0 Å². The van der Waals surface area contributed by atoms with Crippen LogP contribution in [0.1, 0.15) is 44.0 Å². The minimum Gasteiger partial charge on any atom is -0.496 e. The minimum absolute atomic E-state index is 0.258. The molecule has 0 aliphatic carbocycles. The molecule has 0 saturated carbocycles. The predicted octanol–water partition coefficient (Wildman–Crippen LogP) is 5.61. The topological polar surface area (TPSA) is 51.0 Å². The maximum absolute atomic E-state index is 13.1. The second kappa shape index (κ2) is 9.70. The van der Waals surface area contributed by atoms with Crippen LogP contribution < -0.4 is 9.30 Å². The molecule has 0 bridgehead atoms. The van der Waals surface area contributed by atoms with Gasteiger partial charge < -0.3 is 9.47 Å². The van der Waals surface area contributed by atoms with Crippen molar-refractivity contribution in [3.63, 3.8) is 0 Å². The first-order valence-corrected chi connectivity index (χ1v) is 11.6. The lowest BCUT2D eigenvalue weighted by Crippen LogP contribution is -2.38. The average molecular weight is 469 g/mol. The second-order valence-corrected chi connectivity index (χ2v) is 9.20. The highest BCUT2D eigenvalue weighted by Gasteiger charge is 2.32. The standard InChI is InChI=1S/C23H29F3N3O2S/c1-6-11-31-22(3,4)14-32-13-19-15(2)20(30-5)9-10-29(19)21-27-17-8-7-16(23(24,25)26)12-18(17)28-21/h7-10,12H,6,11,13-14H2,1-5H3,(H,27,28)/q+1. The number of aromatic amines is 1. The molecule has 5 nitrogen and oxygen atoms in total. The van der Waals surface area contributed by atoms with Crippen LogP contribution in [0.25, 0.3) is 17.0 Å². The Hall–Kier alpha value is -2.26. The van der Waals surface area contributed by atoms with E-state index in [1.165, 1.54) is 6.07 Å². The molecule has 3 rings (SSSR count). The number of aromatic nitrogens is 3. The number of rotatable bonds is 9. The van der Waals surface area contributed by atoms with E-state index in [-0.39, 0.29) is 5.60 Å². The molecule has 32 heavy (non-hydrogen) atoms. The van der Waals surface area contributed by atoms with Gasteiger partial charge in [0.1, 0.15) is 17.0 Å². The first-order valence-electron chi connectivity index (χ1n) is 10.4. The number of nitrogens with one attached hydrogen (secondary N) is 1. The molecule has 0 amide bonds. The van der Waals surface area contributed by atoms with Crippen LogP contribution in [0.5, 0.6) is 5.75 Å². The smallest absolute Gasteiger partial charge is 0.416 e. The van der Waals surface area contributed by atoms with E-state index in [1.54, 1.807) is 18.9 Å². The van der Waals surface area contributed by atoms with Crippen molar-refractivity contribution in [3.8, 4) is 11.7 Å². The molecule has 0 spiro atoms. The number of H-pyrrole nitrogens is 1. The van der Waals surface area contributed by atoms with Crippen LogP contribution in [-0.2, 0) is 16.7 Å². The van der Waals surface area contributed by atoms with Gasteiger partial charge in [0.2, 0.25) is 0 Å². The van der Waals surface area contributed by atoms with Gasteiger partial charge in [-0.25, -0.2) is 9.55 Å².